The Morgan fingerprint density at radius 1 is 0.885 bits per heavy atom. The highest BCUT2D eigenvalue weighted by atomic mass is 35.5. The molecule has 134 valence electrons. The summed E-state index contributed by atoms with van der Waals surface area (Å²) in [5, 5.41) is 19.8. The molecular weight excluding hydrogens is 352 g/mol. The molecule has 0 radical (unpaired) electrons. The van der Waals surface area contributed by atoms with Crippen LogP contribution in [0.25, 0.3) is 0 Å². The van der Waals surface area contributed by atoms with E-state index in [0.29, 0.717) is 16.5 Å². The maximum Gasteiger partial charge on any atom is 0.183 e. The maximum atomic E-state index is 9.72. The van der Waals surface area contributed by atoms with Crippen LogP contribution in [0.15, 0.2) is 30.3 Å². The minimum atomic E-state index is -0.187. The minimum Gasteiger partial charge on any atom is -0.487 e. The van der Waals surface area contributed by atoms with E-state index in [2.05, 4.69) is 12.1 Å². The number of hydrogen-bond acceptors (Lipinski definition) is 5. The number of ether oxygens (including phenoxy) is 3. The van der Waals surface area contributed by atoms with Gasteiger partial charge in [0, 0.05) is 11.1 Å². The molecule has 0 amide bonds. The standard InChI is InChI=1S/C20H19ClN2O3/c1-12(2)24-18-9-14(10-22)19(17(11-23)20(18)25-13(3)4)26-16-7-5-15(21)6-8-16/h5-9,12-13H,1-4H3. The van der Waals surface area contributed by atoms with Crippen LogP contribution in [0.1, 0.15) is 38.8 Å². The van der Waals surface area contributed by atoms with Crippen LogP contribution in [-0.4, -0.2) is 12.2 Å². The molecule has 0 aliphatic rings. The molecule has 0 spiro atoms. The average molecular weight is 371 g/mol. The molecule has 0 heterocycles. The molecule has 5 nitrogen and oxygen atoms in total. The van der Waals surface area contributed by atoms with Gasteiger partial charge in [0.2, 0.25) is 0 Å². The summed E-state index contributed by atoms with van der Waals surface area (Å²) in [6.45, 7) is 7.40. The van der Waals surface area contributed by atoms with Crippen LogP contribution >= 0.6 is 11.6 Å². The number of hydrogen-bond donors (Lipinski definition) is 0. The maximum absolute atomic E-state index is 9.72. The molecule has 0 aliphatic heterocycles. The molecule has 0 fully saturated rings. The zero-order valence-corrected chi connectivity index (χ0v) is 15.8. The number of rotatable bonds is 6. The van der Waals surface area contributed by atoms with Crippen LogP contribution in [0, 0.1) is 22.7 Å². The molecular formula is C20H19ClN2O3. The SMILES string of the molecule is CC(C)Oc1cc(C#N)c(Oc2ccc(Cl)cc2)c(C#N)c1OC(C)C. The first-order valence-electron chi connectivity index (χ1n) is 8.13. The second kappa shape index (κ2) is 8.47. The molecule has 0 aliphatic carbocycles. The topological polar surface area (TPSA) is 75.3 Å². The van der Waals surface area contributed by atoms with Crippen molar-refractivity contribution in [3.05, 3.63) is 46.5 Å². The average Bonchev–Trinajstić information content (AvgIpc) is 2.58. The van der Waals surface area contributed by atoms with Gasteiger partial charge < -0.3 is 14.2 Å². The monoisotopic (exact) mass is 370 g/mol. The zero-order valence-electron chi connectivity index (χ0n) is 15.0. The minimum absolute atomic E-state index is 0.114. The van der Waals surface area contributed by atoms with Crippen molar-refractivity contribution in [1.82, 2.24) is 0 Å². The lowest BCUT2D eigenvalue weighted by Gasteiger charge is -2.20. The van der Waals surface area contributed by atoms with Crippen molar-refractivity contribution in [2.24, 2.45) is 0 Å². The van der Waals surface area contributed by atoms with Gasteiger partial charge in [-0.25, -0.2) is 0 Å². The molecule has 0 atom stereocenters. The van der Waals surface area contributed by atoms with E-state index >= 15 is 0 Å². The summed E-state index contributed by atoms with van der Waals surface area (Å²) in [5.41, 5.74) is 0.298. The van der Waals surface area contributed by atoms with E-state index in [4.69, 9.17) is 25.8 Å². The summed E-state index contributed by atoms with van der Waals surface area (Å²) < 4.78 is 17.4. The number of benzene rings is 2. The number of halogens is 1. The van der Waals surface area contributed by atoms with E-state index in [1.807, 2.05) is 27.7 Å². The van der Waals surface area contributed by atoms with Gasteiger partial charge in [-0.05, 0) is 52.0 Å². The van der Waals surface area contributed by atoms with E-state index in [9.17, 15) is 10.5 Å². The second-order valence-corrected chi connectivity index (χ2v) is 6.50. The Balaban J connectivity index is 2.63. The fourth-order valence-corrected chi connectivity index (χ4v) is 2.35. The predicted molar refractivity (Wildman–Crippen MR) is 98.9 cm³/mol. The molecule has 0 unspecified atom stereocenters. The van der Waals surface area contributed by atoms with Crippen molar-refractivity contribution in [1.29, 1.82) is 10.5 Å². The Labute approximate surface area is 158 Å². The second-order valence-electron chi connectivity index (χ2n) is 6.07. The summed E-state index contributed by atoms with van der Waals surface area (Å²) in [6.07, 6.45) is -0.335. The normalized spacial score (nSPS) is 10.3. The Morgan fingerprint density at radius 2 is 1.50 bits per heavy atom. The number of nitriles is 2. The Kier molecular flexibility index (Phi) is 6.33. The van der Waals surface area contributed by atoms with Gasteiger partial charge in [0.15, 0.2) is 17.2 Å². The van der Waals surface area contributed by atoms with Crippen molar-refractivity contribution in [3.63, 3.8) is 0 Å². The molecule has 2 aromatic carbocycles. The van der Waals surface area contributed by atoms with E-state index in [1.54, 1.807) is 24.3 Å². The molecule has 2 aromatic rings. The van der Waals surface area contributed by atoms with Gasteiger partial charge in [-0.2, -0.15) is 10.5 Å². The lowest BCUT2D eigenvalue weighted by molar-refractivity contribution is 0.197. The first kappa shape index (κ1) is 19.4. The van der Waals surface area contributed by atoms with E-state index in [0.717, 1.165) is 0 Å². The Morgan fingerprint density at radius 3 is 2.00 bits per heavy atom. The first-order chi connectivity index (χ1) is 12.3. The van der Waals surface area contributed by atoms with E-state index < -0.39 is 0 Å². The molecule has 2 rings (SSSR count). The van der Waals surface area contributed by atoms with Gasteiger partial charge in [-0.15, -0.1) is 0 Å². The van der Waals surface area contributed by atoms with Crippen molar-refractivity contribution in [2.75, 3.05) is 0 Å². The fourth-order valence-electron chi connectivity index (χ4n) is 2.23. The van der Waals surface area contributed by atoms with Crippen LogP contribution in [-0.2, 0) is 0 Å². The van der Waals surface area contributed by atoms with E-state index in [-0.39, 0.29) is 34.8 Å². The third kappa shape index (κ3) is 4.59. The van der Waals surface area contributed by atoms with Crippen LogP contribution in [0.5, 0.6) is 23.0 Å². The zero-order chi connectivity index (χ0) is 19.3. The number of nitrogens with zero attached hydrogens (tertiary/aromatic N) is 2. The fraction of sp³-hybridized carbons (Fsp3) is 0.300. The molecule has 6 heteroatoms. The van der Waals surface area contributed by atoms with Gasteiger partial charge >= 0.3 is 0 Å². The van der Waals surface area contributed by atoms with Crippen LogP contribution in [0.4, 0.5) is 0 Å². The summed E-state index contributed by atoms with van der Waals surface area (Å²) in [7, 11) is 0. The van der Waals surface area contributed by atoms with Gasteiger partial charge in [0.1, 0.15) is 23.5 Å². The van der Waals surface area contributed by atoms with Crippen molar-refractivity contribution in [2.45, 2.75) is 39.9 Å². The van der Waals surface area contributed by atoms with Crippen LogP contribution < -0.4 is 14.2 Å². The first-order valence-corrected chi connectivity index (χ1v) is 8.51. The van der Waals surface area contributed by atoms with Crippen LogP contribution in [0.2, 0.25) is 5.02 Å². The lowest BCUT2D eigenvalue weighted by Crippen LogP contribution is -2.13. The largest absolute Gasteiger partial charge is 0.487 e. The van der Waals surface area contributed by atoms with Crippen molar-refractivity contribution >= 4 is 11.6 Å². The van der Waals surface area contributed by atoms with Crippen LogP contribution in [0.3, 0.4) is 0 Å². The lowest BCUT2D eigenvalue weighted by atomic mass is 10.1. The molecule has 0 saturated heterocycles. The van der Waals surface area contributed by atoms with Gasteiger partial charge in [-0.3, -0.25) is 0 Å². The van der Waals surface area contributed by atoms with Crippen molar-refractivity contribution < 1.29 is 14.2 Å². The molecule has 0 saturated carbocycles. The van der Waals surface area contributed by atoms with Crippen molar-refractivity contribution in [3.8, 4) is 35.1 Å². The summed E-state index contributed by atoms with van der Waals surface area (Å²) >= 11 is 5.89. The summed E-state index contributed by atoms with van der Waals surface area (Å²) in [4.78, 5) is 0. The third-order valence-electron chi connectivity index (χ3n) is 3.18. The Hall–Kier alpha value is -2.89. The molecule has 26 heavy (non-hydrogen) atoms. The van der Waals surface area contributed by atoms with Gasteiger partial charge in [0.25, 0.3) is 0 Å². The molecule has 0 N–H and O–H groups in total. The predicted octanol–water partition coefficient (Wildman–Crippen LogP) is 5.45. The third-order valence-corrected chi connectivity index (χ3v) is 3.43. The molecule has 0 bridgehead atoms. The summed E-state index contributed by atoms with van der Waals surface area (Å²) in [5.74, 6) is 1.18. The van der Waals surface area contributed by atoms with Gasteiger partial charge in [-0.1, -0.05) is 11.6 Å². The highest BCUT2D eigenvalue weighted by Gasteiger charge is 2.24. The Bertz CT molecular complexity index is 863. The van der Waals surface area contributed by atoms with Gasteiger partial charge in [0.05, 0.1) is 17.8 Å². The molecule has 0 aromatic heterocycles. The highest BCUT2D eigenvalue weighted by Crippen LogP contribution is 2.42. The van der Waals surface area contributed by atoms with E-state index in [1.165, 1.54) is 6.07 Å². The highest BCUT2D eigenvalue weighted by molar-refractivity contribution is 6.30. The summed E-state index contributed by atoms with van der Waals surface area (Å²) in [6, 6.07) is 12.3. The quantitative estimate of drug-likeness (QED) is 0.675. The smallest absolute Gasteiger partial charge is 0.183 e.